The molecule has 3 aromatic carbocycles. The van der Waals surface area contributed by atoms with E-state index in [1.54, 1.807) is 36.4 Å². The number of imide groups is 1. The minimum atomic E-state index is -0.491. The van der Waals surface area contributed by atoms with Gasteiger partial charge in [-0.15, -0.1) is 0 Å². The summed E-state index contributed by atoms with van der Waals surface area (Å²) in [6, 6.07) is 17.0. The molecule has 9 heteroatoms. The molecule has 4 rings (SSSR count). The van der Waals surface area contributed by atoms with Crippen LogP contribution in [0.1, 0.15) is 11.1 Å². The molecule has 0 atom stereocenters. The van der Waals surface area contributed by atoms with Crippen LogP contribution in [-0.2, 0) is 11.3 Å². The number of carbonyl (C=O) groups is 2. The summed E-state index contributed by atoms with van der Waals surface area (Å²) >= 11 is 6.71. The second kappa shape index (κ2) is 9.33. The maximum Gasteiger partial charge on any atom is 0.293 e. The summed E-state index contributed by atoms with van der Waals surface area (Å²) in [6.45, 7) is 0.0299. The highest BCUT2D eigenvalue weighted by molar-refractivity contribution is 8.18. The molecular weight excluding hydrogens is 453 g/mol. The molecule has 0 unspecified atom stereocenters. The molecule has 1 aliphatic heterocycles. The number of azo groups is 1. The zero-order valence-electron chi connectivity index (χ0n) is 16.4. The van der Waals surface area contributed by atoms with Crippen LogP contribution in [0.5, 0.6) is 5.75 Å². The zero-order chi connectivity index (χ0) is 22.7. The van der Waals surface area contributed by atoms with Gasteiger partial charge in [-0.25, -0.2) is 4.39 Å². The highest BCUT2D eigenvalue weighted by Gasteiger charge is 2.35. The molecule has 0 spiro atoms. The van der Waals surface area contributed by atoms with Gasteiger partial charge in [-0.1, -0.05) is 29.8 Å². The highest BCUT2D eigenvalue weighted by atomic mass is 35.5. The van der Waals surface area contributed by atoms with Crippen LogP contribution >= 0.6 is 23.4 Å². The van der Waals surface area contributed by atoms with Crippen molar-refractivity contribution in [1.29, 1.82) is 0 Å². The van der Waals surface area contributed by atoms with Gasteiger partial charge in [0, 0.05) is 10.6 Å². The second-order valence-electron chi connectivity index (χ2n) is 6.82. The van der Waals surface area contributed by atoms with Crippen molar-refractivity contribution in [3.05, 3.63) is 93.6 Å². The van der Waals surface area contributed by atoms with Crippen molar-refractivity contribution in [2.24, 2.45) is 10.2 Å². The van der Waals surface area contributed by atoms with E-state index in [2.05, 4.69) is 10.2 Å². The van der Waals surface area contributed by atoms with E-state index < -0.39 is 17.0 Å². The molecule has 3 aromatic rings. The van der Waals surface area contributed by atoms with E-state index in [1.807, 2.05) is 0 Å². The monoisotopic (exact) mass is 467 g/mol. The lowest BCUT2D eigenvalue weighted by atomic mass is 10.1. The van der Waals surface area contributed by atoms with Crippen molar-refractivity contribution in [2.75, 3.05) is 0 Å². The van der Waals surface area contributed by atoms with Gasteiger partial charge in [-0.2, -0.15) is 10.2 Å². The Kier molecular flexibility index (Phi) is 6.34. The minimum absolute atomic E-state index is 0.0299. The number of hydrogen-bond acceptors (Lipinski definition) is 6. The number of phenols is 1. The number of rotatable bonds is 5. The maximum atomic E-state index is 13.1. The fourth-order valence-corrected chi connectivity index (χ4v) is 3.94. The van der Waals surface area contributed by atoms with E-state index in [0.717, 1.165) is 16.7 Å². The van der Waals surface area contributed by atoms with Gasteiger partial charge in [-0.05, 0) is 71.9 Å². The summed E-state index contributed by atoms with van der Waals surface area (Å²) in [4.78, 5) is 26.3. The summed E-state index contributed by atoms with van der Waals surface area (Å²) in [5.74, 6) is -0.961. The summed E-state index contributed by atoms with van der Waals surface area (Å²) in [5.41, 5.74) is 1.95. The first-order valence-corrected chi connectivity index (χ1v) is 10.6. The summed E-state index contributed by atoms with van der Waals surface area (Å²) in [7, 11) is 0. The van der Waals surface area contributed by atoms with Crippen molar-refractivity contribution >= 4 is 52.0 Å². The fourth-order valence-electron chi connectivity index (χ4n) is 2.92. The number of thioether (sulfide) groups is 1. The van der Waals surface area contributed by atoms with Gasteiger partial charge in [0.2, 0.25) is 0 Å². The topological polar surface area (TPSA) is 82.3 Å². The Balaban J connectivity index is 1.55. The van der Waals surface area contributed by atoms with E-state index in [4.69, 9.17) is 11.6 Å². The number of phenolic OH excluding ortho intramolecular Hbond substituents is 1. The summed E-state index contributed by atoms with van der Waals surface area (Å²) in [6.07, 6.45) is 1.43. The van der Waals surface area contributed by atoms with E-state index in [9.17, 15) is 19.1 Å². The molecule has 0 aliphatic carbocycles. The smallest absolute Gasteiger partial charge is 0.293 e. The molecule has 0 radical (unpaired) electrons. The Bertz CT molecular complexity index is 1260. The molecule has 0 aromatic heterocycles. The van der Waals surface area contributed by atoms with Gasteiger partial charge < -0.3 is 5.11 Å². The molecule has 2 amide bonds. The Morgan fingerprint density at radius 1 is 1.00 bits per heavy atom. The second-order valence-corrected chi connectivity index (χ2v) is 8.25. The van der Waals surface area contributed by atoms with E-state index in [1.165, 1.54) is 36.4 Å². The molecule has 0 saturated carbocycles. The largest absolute Gasteiger partial charge is 0.507 e. The first-order valence-electron chi connectivity index (χ1n) is 9.39. The number of aromatic hydroxyl groups is 1. The maximum absolute atomic E-state index is 13.1. The van der Waals surface area contributed by atoms with Gasteiger partial charge in [0.25, 0.3) is 11.1 Å². The van der Waals surface area contributed by atoms with Crippen molar-refractivity contribution < 1.29 is 19.1 Å². The number of hydrogen-bond donors (Lipinski definition) is 1. The zero-order valence-corrected chi connectivity index (χ0v) is 18.0. The van der Waals surface area contributed by atoms with E-state index in [-0.39, 0.29) is 17.2 Å². The molecular formula is C23H15ClFN3O3S. The Morgan fingerprint density at radius 2 is 1.72 bits per heavy atom. The first kappa shape index (κ1) is 21.7. The highest BCUT2D eigenvalue weighted by Crippen LogP contribution is 2.36. The Hall–Kier alpha value is -3.49. The lowest BCUT2D eigenvalue weighted by Gasteiger charge is -2.12. The van der Waals surface area contributed by atoms with Gasteiger partial charge >= 0.3 is 0 Å². The van der Waals surface area contributed by atoms with Crippen molar-refractivity contribution in [2.45, 2.75) is 6.54 Å². The molecule has 1 aliphatic rings. The Labute approximate surface area is 192 Å². The normalized spacial score (nSPS) is 15.3. The van der Waals surface area contributed by atoms with Crippen LogP contribution in [0, 0.1) is 5.82 Å². The van der Waals surface area contributed by atoms with Gasteiger partial charge in [0.1, 0.15) is 11.6 Å². The quantitative estimate of drug-likeness (QED) is 0.329. The van der Waals surface area contributed by atoms with Gasteiger partial charge in [0.15, 0.2) is 0 Å². The summed E-state index contributed by atoms with van der Waals surface area (Å²) in [5, 5.41) is 18.5. The molecule has 0 bridgehead atoms. The molecule has 1 saturated heterocycles. The molecule has 1 N–H and O–H groups in total. The Morgan fingerprint density at radius 3 is 2.44 bits per heavy atom. The fraction of sp³-hybridized carbons (Fsp3) is 0.0435. The van der Waals surface area contributed by atoms with Gasteiger partial charge in [0.05, 0.1) is 22.8 Å². The predicted molar refractivity (Wildman–Crippen MR) is 122 cm³/mol. The molecule has 160 valence electrons. The molecule has 1 fully saturated rings. The third kappa shape index (κ3) is 5.04. The van der Waals surface area contributed by atoms with Crippen LogP contribution in [0.2, 0.25) is 5.02 Å². The number of carbonyl (C=O) groups excluding carboxylic acids is 2. The standard InChI is InChI=1S/C23H15ClFN3O3S/c24-16-2-1-3-18(12-16)26-27-19-8-9-20(29)15(10-19)11-21-22(30)28(23(31)32-21)13-14-4-6-17(25)7-5-14/h1-12,29H,13H2/b21-11-,27-26?. The molecule has 1 heterocycles. The van der Waals surface area contributed by atoms with Crippen LogP contribution in [-0.4, -0.2) is 21.2 Å². The van der Waals surface area contributed by atoms with E-state index in [0.29, 0.717) is 27.5 Å². The predicted octanol–water partition coefficient (Wildman–Crippen LogP) is 6.84. The average Bonchev–Trinajstić information content (AvgIpc) is 3.03. The minimum Gasteiger partial charge on any atom is -0.507 e. The first-order chi connectivity index (χ1) is 15.4. The van der Waals surface area contributed by atoms with Crippen LogP contribution in [0.4, 0.5) is 20.6 Å². The van der Waals surface area contributed by atoms with Crippen molar-refractivity contribution in [3.8, 4) is 5.75 Å². The van der Waals surface area contributed by atoms with Crippen molar-refractivity contribution in [3.63, 3.8) is 0 Å². The number of benzene rings is 3. The van der Waals surface area contributed by atoms with Crippen molar-refractivity contribution in [1.82, 2.24) is 4.90 Å². The number of amides is 2. The van der Waals surface area contributed by atoms with Crippen LogP contribution in [0.15, 0.2) is 81.9 Å². The van der Waals surface area contributed by atoms with Crippen LogP contribution < -0.4 is 0 Å². The SMILES string of the molecule is O=C1S/C(=C\c2cc(N=Nc3cccc(Cl)c3)ccc2O)C(=O)N1Cc1ccc(F)cc1. The van der Waals surface area contributed by atoms with Crippen LogP contribution in [0.25, 0.3) is 6.08 Å². The number of nitrogens with zero attached hydrogens (tertiary/aromatic N) is 3. The van der Waals surface area contributed by atoms with Crippen LogP contribution in [0.3, 0.4) is 0 Å². The lowest BCUT2D eigenvalue weighted by Crippen LogP contribution is -2.27. The lowest BCUT2D eigenvalue weighted by molar-refractivity contribution is -0.123. The third-order valence-corrected chi connectivity index (χ3v) is 5.66. The van der Waals surface area contributed by atoms with Gasteiger partial charge in [-0.3, -0.25) is 14.5 Å². The van der Waals surface area contributed by atoms with E-state index >= 15 is 0 Å². The number of halogens is 2. The molecule has 6 nitrogen and oxygen atoms in total. The molecule has 32 heavy (non-hydrogen) atoms. The average molecular weight is 468 g/mol. The summed E-state index contributed by atoms with van der Waals surface area (Å²) < 4.78 is 13.1. The third-order valence-electron chi connectivity index (χ3n) is 4.51.